The number of nitro groups is 1. The van der Waals surface area contributed by atoms with Gasteiger partial charge in [0.15, 0.2) is 0 Å². The highest BCUT2D eigenvalue weighted by Crippen LogP contribution is 2.25. The number of hydrogen-bond acceptors (Lipinski definition) is 5. The third-order valence-electron chi connectivity index (χ3n) is 3.17. The lowest BCUT2D eigenvalue weighted by atomic mass is 10.1. The van der Waals surface area contributed by atoms with E-state index in [2.05, 4.69) is 9.97 Å². The second-order valence-corrected chi connectivity index (χ2v) is 4.54. The molecule has 1 aromatic carbocycles. The third kappa shape index (κ3) is 2.35. The number of rotatable bonds is 3. The summed E-state index contributed by atoms with van der Waals surface area (Å²) in [7, 11) is 0. The SMILES string of the molecule is O=C(O)c1cc(-c2ccc([N+](=O)[O-])cc2)nc2cccnc12. The Labute approximate surface area is 124 Å². The molecule has 22 heavy (non-hydrogen) atoms. The van der Waals surface area contributed by atoms with E-state index in [0.29, 0.717) is 22.3 Å². The van der Waals surface area contributed by atoms with Gasteiger partial charge in [-0.15, -0.1) is 0 Å². The van der Waals surface area contributed by atoms with Crippen LogP contribution in [0.15, 0.2) is 48.7 Å². The fourth-order valence-corrected chi connectivity index (χ4v) is 2.13. The van der Waals surface area contributed by atoms with Crippen LogP contribution in [0, 0.1) is 10.1 Å². The minimum atomic E-state index is -1.10. The van der Waals surface area contributed by atoms with E-state index >= 15 is 0 Å². The summed E-state index contributed by atoms with van der Waals surface area (Å²) in [6.45, 7) is 0. The molecule has 0 aliphatic heterocycles. The van der Waals surface area contributed by atoms with Crippen molar-refractivity contribution in [1.82, 2.24) is 9.97 Å². The number of non-ortho nitro benzene ring substituents is 1. The van der Waals surface area contributed by atoms with E-state index in [1.54, 1.807) is 12.1 Å². The Morgan fingerprint density at radius 1 is 1.18 bits per heavy atom. The number of fused-ring (bicyclic) bond motifs is 1. The third-order valence-corrected chi connectivity index (χ3v) is 3.17. The molecule has 0 radical (unpaired) electrons. The fourth-order valence-electron chi connectivity index (χ4n) is 2.13. The molecule has 0 amide bonds. The van der Waals surface area contributed by atoms with E-state index in [4.69, 9.17) is 0 Å². The minimum Gasteiger partial charge on any atom is -0.478 e. The first-order chi connectivity index (χ1) is 10.6. The van der Waals surface area contributed by atoms with Gasteiger partial charge in [0.05, 0.1) is 21.7 Å². The van der Waals surface area contributed by atoms with Gasteiger partial charge in [0, 0.05) is 23.9 Å². The molecule has 1 N–H and O–H groups in total. The lowest BCUT2D eigenvalue weighted by molar-refractivity contribution is -0.384. The second kappa shape index (κ2) is 5.21. The van der Waals surface area contributed by atoms with Crippen LogP contribution in [0.5, 0.6) is 0 Å². The van der Waals surface area contributed by atoms with Gasteiger partial charge in [-0.2, -0.15) is 0 Å². The van der Waals surface area contributed by atoms with Crippen molar-refractivity contribution in [1.29, 1.82) is 0 Å². The highest BCUT2D eigenvalue weighted by atomic mass is 16.6. The number of nitrogens with zero attached hydrogens (tertiary/aromatic N) is 3. The Balaban J connectivity index is 2.18. The molecule has 0 aliphatic carbocycles. The molecular weight excluding hydrogens is 286 g/mol. The lowest BCUT2D eigenvalue weighted by Crippen LogP contribution is -2.01. The van der Waals surface area contributed by atoms with Crippen LogP contribution in [0.4, 0.5) is 5.69 Å². The number of hydrogen-bond donors (Lipinski definition) is 1. The molecule has 7 heteroatoms. The number of aromatic carboxylic acids is 1. The van der Waals surface area contributed by atoms with Crippen LogP contribution in [0.3, 0.4) is 0 Å². The first-order valence-corrected chi connectivity index (χ1v) is 6.30. The van der Waals surface area contributed by atoms with E-state index in [1.807, 2.05) is 0 Å². The highest BCUT2D eigenvalue weighted by Gasteiger charge is 2.14. The molecular formula is C15H9N3O4. The van der Waals surface area contributed by atoms with Crippen molar-refractivity contribution in [2.75, 3.05) is 0 Å². The summed E-state index contributed by atoms with van der Waals surface area (Å²) in [6.07, 6.45) is 1.50. The Hall–Kier alpha value is -3.35. The Bertz CT molecular complexity index is 891. The largest absolute Gasteiger partial charge is 0.478 e. The number of carboxylic acid groups (broad SMARTS) is 1. The summed E-state index contributed by atoms with van der Waals surface area (Å²) < 4.78 is 0. The zero-order valence-electron chi connectivity index (χ0n) is 11.1. The lowest BCUT2D eigenvalue weighted by Gasteiger charge is -2.06. The molecule has 2 heterocycles. The highest BCUT2D eigenvalue weighted by molar-refractivity contribution is 6.01. The minimum absolute atomic E-state index is 0.0373. The number of nitro benzene ring substituents is 1. The Morgan fingerprint density at radius 3 is 2.55 bits per heavy atom. The van der Waals surface area contributed by atoms with Crippen LogP contribution in [0.25, 0.3) is 22.3 Å². The molecule has 0 atom stereocenters. The number of benzene rings is 1. The zero-order chi connectivity index (χ0) is 15.7. The maximum Gasteiger partial charge on any atom is 0.338 e. The quantitative estimate of drug-likeness (QED) is 0.588. The number of carboxylic acids is 1. The number of pyridine rings is 2. The summed E-state index contributed by atoms with van der Waals surface area (Å²) >= 11 is 0. The van der Waals surface area contributed by atoms with E-state index in [-0.39, 0.29) is 11.3 Å². The van der Waals surface area contributed by atoms with Crippen molar-refractivity contribution in [3.05, 3.63) is 64.3 Å². The molecule has 0 saturated heterocycles. The molecule has 3 rings (SSSR count). The average molecular weight is 295 g/mol. The molecule has 108 valence electrons. The fraction of sp³-hybridized carbons (Fsp3) is 0. The molecule has 3 aromatic rings. The van der Waals surface area contributed by atoms with Crippen molar-refractivity contribution in [3.8, 4) is 11.3 Å². The van der Waals surface area contributed by atoms with Crippen molar-refractivity contribution in [3.63, 3.8) is 0 Å². The number of aromatic nitrogens is 2. The van der Waals surface area contributed by atoms with Crippen LogP contribution >= 0.6 is 0 Å². The van der Waals surface area contributed by atoms with Crippen molar-refractivity contribution >= 4 is 22.7 Å². The van der Waals surface area contributed by atoms with E-state index in [0.717, 1.165) is 0 Å². The maximum atomic E-state index is 11.4. The van der Waals surface area contributed by atoms with Gasteiger partial charge in [0.1, 0.15) is 5.52 Å². The van der Waals surface area contributed by atoms with Gasteiger partial charge >= 0.3 is 5.97 Å². The normalized spacial score (nSPS) is 10.5. The summed E-state index contributed by atoms with van der Waals surface area (Å²) in [5.41, 5.74) is 1.78. The van der Waals surface area contributed by atoms with Crippen LogP contribution in [-0.4, -0.2) is 26.0 Å². The molecule has 7 nitrogen and oxygen atoms in total. The Kier molecular flexibility index (Phi) is 3.23. The first-order valence-electron chi connectivity index (χ1n) is 6.30. The second-order valence-electron chi connectivity index (χ2n) is 4.54. The predicted molar refractivity (Wildman–Crippen MR) is 78.6 cm³/mol. The molecule has 0 aliphatic rings. The van der Waals surface area contributed by atoms with Gasteiger partial charge in [-0.05, 0) is 30.3 Å². The van der Waals surface area contributed by atoms with Gasteiger partial charge < -0.3 is 5.11 Å². The topological polar surface area (TPSA) is 106 Å². The van der Waals surface area contributed by atoms with E-state index in [1.165, 1.54) is 36.5 Å². The van der Waals surface area contributed by atoms with Crippen LogP contribution in [0.1, 0.15) is 10.4 Å². The molecule has 0 saturated carbocycles. The smallest absolute Gasteiger partial charge is 0.338 e. The van der Waals surface area contributed by atoms with Crippen molar-refractivity contribution in [2.24, 2.45) is 0 Å². The predicted octanol–water partition coefficient (Wildman–Crippen LogP) is 2.90. The molecule has 2 aromatic heterocycles. The van der Waals surface area contributed by atoms with Gasteiger partial charge in [0.25, 0.3) is 5.69 Å². The van der Waals surface area contributed by atoms with Gasteiger partial charge in [-0.25, -0.2) is 9.78 Å². The van der Waals surface area contributed by atoms with Gasteiger partial charge in [-0.3, -0.25) is 15.1 Å². The maximum absolute atomic E-state index is 11.4. The first kappa shape index (κ1) is 13.6. The summed E-state index contributed by atoms with van der Waals surface area (Å²) in [6, 6.07) is 10.5. The molecule has 0 spiro atoms. The van der Waals surface area contributed by atoms with Gasteiger partial charge in [0.2, 0.25) is 0 Å². The summed E-state index contributed by atoms with van der Waals surface area (Å²) in [5, 5.41) is 20.0. The zero-order valence-corrected chi connectivity index (χ0v) is 11.1. The molecule has 0 bridgehead atoms. The van der Waals surface area contributed by atoms with Crippen molar-refractivity contribution < 1.29 is 14.8 Å². The molecule has 0 fully saturated rings. The summed E-state index contributed by atoms with van der Waals surface area (Å²) in [4.78, 5) is 30.0. The average Bonchev–Trinajstić information content (AvgIpc) is 2.53. The number of carbonyl (C=O) groups is 1. The van der Waals surface area contributed by atoms with Crippen molar-refractivity contribution in [2.45, 2.75) is 0 Å². The molecule has 0 unspecified atom stereocenters. The summed E-state index contributed by atoms with van der Waals surface area (Å²) in [5.74, 6) is -1.10. The van der Waals surface area contributed by atoms with Crippen LogP contribution in [-0.2, 0) is 0 Å². The Morgan fingerprint density at radius 2 is 1.91 bits per heavy atom. The van der Waals surface area contributed by atoms with E-state index in [9.17, 15) is 20.0 Å². The monoisotopic (exact) mass is 295 g/mol. The van der Waals surface area contributed by atoms with Gasteiger partial charge in [-0.1, -0.05) is 0 Å². The van der Waals surface area contributed by atoms with E-state index < -0.39 is 10.9 Å². The standard InChI is InChI=1S/C15H9N3O4/c19-15(20)11-8-13(17-12-2-1-7-16-14(11)12)9-3-5-10(6-4-9)18(21)22/h1-8H,(H,19,20). The van der Waals surface area contributed by atoms with Crippen LogP contribution < -0.4 is 0 Å². The van der Waals surface area contributed by atoms with Crippen LogP contribution in [0.2, 0.25) is 0 Å².